The zero-order valence-electron chi connectivity index (χ0n) is 18.0. The molecule has 0 N–H and O–H groups in total. The molecule has 8 heteroatoms. The molecule has 6 nitrogen and oxygen atoms in total. The molecule has 0 saturated carbocycles. The molecule has 0 aliphatic heterocycles. The van der Waals surface area contributed by atoms with Gasteiger partial charge in [-0.2, -0.15) is 9.50 Å². The minimum atomic E-state index is -0.182. The molecule has 166 valence electrons. The molecule has 0 bridgehead atoms. The maximum atomic E-state index is 12.9. The summed E-state index contributed by atoms with van der Waals surface area (Å²) >= 11 is 4.74. The minimum absolute atomic E-state index is 0.182. The van der Waals surface area contributed by atoms with E-state index >= 15 is 0 Å². The SMILES string of the molecule is CCCCCOc1ccc(/C=c2\sc3nc(-c4ccc(Br)cc4)nn3c2=O)cc1OCC. The summed E-state index contributed by atoms with van der Waals surface area (Å²) in [5.41, 5.74) is 1.55. The van der Waals surface area contributed by atoms with Crippen LogP contribution in [0.2, 0.25) is 0 Å². The number of benzene rings is 2. The third-order valence-electron chi connectivity index (χ3n) is 4.86. The molecule has 0 aliphatic rings. The number of thiazole rings is 1. The summed E-state index contributed by atoms with van der Waals surface area (Å²) in [5, 5.41) is 4.41. The van der Waals surface area contributed by atoms with E-state index in [2.05, 4.69) is 32.9 Å². The molecule has 0 fully saturated rings. The van der Waals surface area contributed by atoms with E-state index in [1.54, 1.807) is 0 Å². The van der Waals surface area contributed by atoms with Crippen molar-refractivity contribution >= 4 is 38.3 Å². The summed E-state index contributed by atoms with van der Waals surface area (Å²) in [7, 11) is 0. The Labute approximate surface area is 198 Å². The van der Waals surface area contributed by atoms with Crippen molar-refractivity contribution in [1.29, 1.82) is 0 Å². The maximum Gasteiger partial charge on any atom is 0.291 e. The molecule has 0 atom stereocenters. The lowest BCUT2D eigenvalue weighted by molar-refractivity contribution is 0.271. The number of hydrogen-bond donors (Lipinski definition) is 0. The second kappa shape index (κ2) is 10.3. The van der Waals surface area contributed by atoms with Crippen molar-refractivity contribution in [2.24, 2.45) is 0 Å². The molecule has 2 aromatic carbocycles. The molecule has 0 saturated heterocycles. The molecule has 0 spiro atoms. The maximum absolute atomic E-state index is 12.9. The molecule has 32 heavy (non-hydrogen) atoms. The highest BCUT2D eigenvalue weighted by Crippen LogP contribution is 2.29. The van der Waals surface area contributed by atoms with Crippen LogP contribution in [0.25, 0.3) is 22.4 Å². The number of fused-ring (bicyclic) bond motifs is 1. The summed E-state index contributed by atoms with van der Waals surface area (Å²) in [6.07, 6.45) is 5.14. The Morgan fingerprint density at radius 1 is 1.06 bits per heavy atom. The van der Waals surface area contributed by atoms with Crippen LogP contribution >= 0.6 is 27.3 Å². The van der Waals surface area contributed by atoms with Crippen LogP contribution in [-0.4, -0.2) is 27.8 Å². The first-order valence-corrected chi connectivity index (χ1v) is 12.3. The van der Waals surface area contributed by atoms with Gasteiger partial charge in [0.2, 0.25) is 4.96 Å². The monoisotopic (exact) mass is 513 g/mol. The van der Waals surface area contributed by atoms with E-state index < -0.39 is 0 Å². The zero-order valence-corrected chi connectivity index (χ0v) is 20.4. The zero-order chi connectivity index (χ0) is 22.5. The smallest absolute Gasteiger partial charge is 0.291 e. The van der Waals surface area contributed by atoms with Gasteiger partial charge in [0.15, 0.2) is 17.3 Å². The second-order valence-electron chi connectivity index (χ2n) is 7.25. The van der Waals surface area contributed by atoms with Gasteiger partial charge in [-0.05, 0) is 49.2 Å². The van der Waals surface area contributed by atoms with E-state index in [1.807, 2.05) is 55.5 Å². The van der Waals surface area contributed by atoms with Crippen molar-refractivity contribution in [2.45, 2.75) is 33.1 Å². The Morgan fingerprint density at radius 2 is 1.88 bits per heavy atom. The number of ether oxygens (including phenoxy) is 2. The highest BCUT2D eigenvalue weighted by Gasteiger charge is 2.12. The molecule has 0 amide bonds. The van der Waals surface area contributed by atoms with E-state index in [0.29, 0.717) is 34.3 Å². The Morgan fingerprint density at radius 3 is 2.59 bits per heavy atom. The number of rotatable bonds is 9. The molecule has 0 unspecified atom stereocenters. The fourth-order valence-corrected chi connectivity index (χ4v) is 4.41. The number of nitrogens with zero attached hydrogens (tertiary/aromatic N) is 3. The lowest BCUT2D eigenvalue weighted by atomic mass is 10.2. The summed E-state index contributed by atoms with van der Waals surface area (Å²) in [6.45, 7) is 5.31. The lowest BCUT2D eigenvalue weighted by Crippen LogP contribution is -2.23. The van der Waals surface area contributed by atoms with Crippen LogP contribution in [0.3, 0.4) is 0 Å². The summed E-state index contributed by atoms with van der Waals surface area (Å²) in [5.74, 6) is 1.95. The quantitative estimate of drug-likeness (QED) is 0.291. The standard InChI is InChI=1S/C24H24BrN3O3S/c1-3-5-6-13-31-19-12-7-16(14-20(19)30-4-2)15-21-23(29)28-24(32-21)26-22(27-28)17-8-10-18(25)11-9-17/h7-12,14-15H,3-6,13H2,1-2H3/b21-15-. The normalized spacial score (nSPS) is 11.9. The molecule has 2 heterocycles. The van der Waals surface area contributed by atoms with Crippen molar-refractivity contribution in [3.63, 3.8) is 0 Å². The lowest BCUT2D eigenvalue weighted by Gasteiger charge is -2.12. The number of unbranched alkanes of at least 4 members (excludes halogenated alkanes) is 2. The number of hydrogen-bond acceptors (Lipinski definition) is 6. The van der Waals surface area contributed by atoms with Gasteiger partial charge in [-0.15, -0.1) is 5.10 Å². The number of halogens is 1. The van der Waals surface area contributed by atoms with Crippen molar-refractivity contribution in [1.82, 2.24) is 14.6 Å². The van der Waals surface area contributed by atoms with Crippen LogP contribution < -0.4 is 19.6 Å². The molecule has 4 rings (SSSR count). The van der Waals surface area contributed by atoms with Crippen LogP contribution in [0.1, 0.15) is 38.7 Å². The summed E-state index contributed by atoms with van der Waals surface area (Å²) in [6, 6.07) is 13.4. The van der Waals surface area contributed by atoms with E-state index in [-0.39, 0.29) is 5.56 Å². The first kappa shape index (κ1) is 22.5. The van der Waals surface area contributed by atoms with E-state index in [1.165, 1.54) is 15.9 Å². The van der Waals surface area contributed by atoms with Gasteiger partial charge in [-0.25, -0.2) is 0 Å². The Hall–Kier alpha value is -2.71. The van der Waals surface area contributed by atoms with Crippen LogP contribution in [-0.2, 0) is 0 Å². The summed E-state index contributed by atoms with van der Waals surface area (Å²) < 4.78 is 14.6. The van der Waals surface area contributed by atoms with Gasteiger partial charge in [0.25, 0.3) is 5.56 Å². The van der Waals surface area contributed by atoms with Gasteiger partial charge in [0.05, 0.1) is 17.7 Å². The van der Waals surface area contributed by atoms with Crippen LogP contribution in [0.15, 0.2) is 51.7 Å². The first-order valence-electron chi connectivity index (χ1n) is 10.7. The predicted molar refractivity (Wildman–Crippen MR) is 132 cm³/mol. The highest BCUT2D eigenvalue weighted by molar-refractivity contribution is 9.10. The van der Waals surface area contributed by atoms with E-state index in [0.717, 1.165) is 40.6 Å². The first-order chi connectivity index (χ1) is 15.6. The van der Waals surface area contributed by atoms with Gasteiger partial charge in [0, 0.05) is 10.0 Å². The van der Waals surface area contributed by atoms with Crippen molar-refractivity contribution < 1.29 is 9.47 Å². The van der Waals surface area contributed by atoms with Gasteiger partial charge >= 0.3 is 0 Å². The largest absolute Gasteiger partial charge is 0.490 e. The average molecular weight is 514 g/mol. The highest BCUT2D eigenvalue weighted by atomic mass is 79.9. The average Bonchev–Trinajstić information content (AvgIpc) is 3.33. The minimum Gasteiger partial charge on any atom is -0.490 e. The predicted octanol–water partition coefficient (Wildman–Crippen LogP) is 5.10. The van der Waals surface area contributed by atoms with Crippen LogP contribution in [0.4, 0.5) is 0 Å². The third-order valence-corrected chi connectivity index (χ3v) is 6.34. The number of aromatic nitrogens is 3. The summed E-state index contributed by atoms with van der Waals surface area (Å²) in [4.78, 5) is 18.0. The third kappa shape index (κ3) is 5.02. The van der Waals surface area contributed by atoms with Gasteiger partial charge in [0.1, 0.15) is 0 Å². The molecule has 0 aliphatic carbocycles. The van der Waals surface area contributed by atoms with Gasteiger partial charge < -0.3 is 9.47 Å². The fourth-order valence-electron chi connectivity index (χ4n) is 3.24. The van der Waals surface area contributed by atoms with Gasteiger partial charge in [-0.3, -0.25) is 4.79 Å². The van der Waals surface area contributed by atoms with Crippen molar-refractivity contribution in [2.75, 3.05) is 13.2 Å². The van der Waals surface area contributed by atoms with E-state index in [4.69, 9.17) is 9.47 Å². The Balaban J connectivity index is 1.62. The fraction of sp³-hybridized carbons (Fsp3) is 0.292. The molecule has 4 aromatic rings. The molecule has 2 aromatic heterocycles. The van der Waals surface area contributed by atoms with Crippen LogP contribution in [0.5, 0.6) is 11.5 Å². The topological polar surface area (TPSA) is 65.7 Å². The molecular formula is C24H24BrN3O3S. The van der Waals surface area contributed by atoms with E-state index in [9.17, 15) is 4.79 Å². The Kier molecular flexibility index (Phi) is 7.22. The van der Waals surface area contributed by atoms with Crippen molar-refractivity contribution in [3.05, 3.63) is 67.4 Å². The molecule has 0 radical (unpaired) electrons. The van der Waals surface area contributed by atoms with Gasteiger partial charge in [-0.1, -0.05) is 65.2 Å². The second-order valence-corrected chi connectivity index (χ2v) is 9.17. The Bertz CT molecular complexity index is 1320. The molecular weight excluding hydrogens is 490 g/mol. The van der Waals surface area contributed by atoms with Crippen LogP contribution in [0, 0.1) is 0 Å². The van der Waals surface area contributed by atoms with Crippen molar-refractivity contribution in [3.8, 4) is 22.9 Å².